The maximum atomic E-state index is 12.0. The number of H-pyrrole nitrogens is 1. The standard InChI is InChI=1S/C11H11N3O3S/c1-8-4-9(6-12-5-8)14-18(16,17)10-2-3-11(15)13-7-10/h2-7,14H,1H3,(H,13,15). The number of rotatable bonds is 3. The normalized spacial score (nSPS) is 11.2. The summed E-state index contributed by atoms with van der Waals surface area (Å²) in [6.45, 7) is 1.81. The van der Waals surface area contributed by atoms with Crippen LogP contribution in [-0.4, -0.2) is 18.4 Å². The minimum absolute atomic E-state index is 0.0105. The lowest BCUT2D eigenvalue weighted by molar-refractivity contribution is 0.600. The monoisotopic (exact) mass is 265 g/mol. The van der Waals surface area contributed by atoms with Gasteiger partial charge in [-0.1, -0.05) is 0 Å². The van der Waals surface area contributed by atoms with Gasteiger partial charge in [-0.15, -0.1) is 0 Å². The number of anilines is 1. The third-order valence-corrected chi connectivity index (χ3v) is 3.57. The third kappa shape index (κ3) is 2.75. The second-order valence-electron chi connectivity index (χ2n) is 3.75. The van der Waals surface area contributed by atoms with Crippen LogP contribution < -0.4 is 10.3 Å². The van der Waals surface area contributed by atoms with E-state index in [0.717, 1.165) is 17.8 Å². The van der Waals surface area contributed by atoms with E-state index in [-0.39, 0.29) is 10.5 Å². The Labute approximate surface area is 104 Å². The first-order valence-corrected chi connectivity index (χ1v) is 6.59. The fourth-order valence-corrected chi connectivity index (χ4v) is 2.39. The number of aryl methyl sites for hydroxylation is 1. The lowest BCUT2D eigenvalue weighted by atomic mass is 10.3. The maximum absolute atomic E-state index is 12.0. The molecule has 2 N–H and O–H groups in total. The molecule has 0 aliphatic rings. The Kier molecular flexibility index (Phi) is 3.15. The van der Waals surface area contributed by atoms with Gasteiger partial charge < -0.3 is 4.98 Å². The highest BCUT2D eigenvalue weighted by Gasteiger charge is 2.14. The lowest BCUT2D eigenvalue weighted by Gasteiger charge is -2.07. The van der Waals surface area contributed by atoms with Crippen molar-refractivity contribution >= 4 is 15.7 Å². The fourth-order valence-electron chi connectivity index (χ4n) is 1.39. The molecule has 0 aliphatic carbocycles. The van der Waals surface area contributed by atoms with Crippen molar-refractivity contribution in [1.82, 2.24) is 9.97 Å². The van der Waals surface area contributed by atoms with Crippen LogP contribution in [0, 0.1) is 6.92 Å². The van der Waals surface area contributed by atoms with Crippen molar-refractivity contribution in [2.45, 2.75) is 11.8 Å². The quantitative estimate of drug-likeness (QED) is 0.861. The zero-order valence-electron chi connectivity index (χ0n) is 9.54. The second-order valence-corrected chi connectivity index (χ2v) is 5.43. The van der Waals surface area contributed by atoms with Gasteiger partial charge in [0, 0.05) is 18.5 Å². The zero-order valence-corrected chi connectivity index (χ0v) is 10.4. The molecule has 18 heavy (non-hydrogen) atoms. The van der Waals surface area contributed by atoms with Crippen molar-refractivity contribution < 1.29 is 8.42 Å². The number of nitrogens with zero attached hydrogens (tertiary/aromatic N) is 1. The largest absolute Gasteiger partial charge is 0.328 e. The van der Waals surface area contributed by atoms with Crippen LogP contribution in [0.25, 0.3) is 0 Å². The van der Waals surface area contributed by atoms with Crippen molar-refractivity contribution in [2.75, 3.05) is 4.72 Å². The van der Waals surface area contributed by atoms with Gasteiger partial charge in [0.15, 0.2) is 0 Å². The molecular weight excluding hydrogens is 254 g/mol. The van der Waals surface area contributed by atoms with Gasteiger partial charge in [-0.05, 0) is 24.6 Å². The molecule has 0 radical (unpaired) electrons. The van der Waals surface area contributed by atoms with Crippen LogP contribution in [0.4, 0.5) is 5.69 Å². The first-order chi connectivity index (χ1) is 8.47. The fraction of sp³-hybridized carbons (Fsp3) is 0.0909. The van der Waals surface area contributed by atoms with Crippen LogP contribution in [0.3, 0.4) is 0 Å². The molecule has 0 unspecified atom stereocenters. The van der Waals surface area contributed by atoms with Gasteiger partial charge in [0.1, 0.15) is 4.90 Å². The van der Waals surface area contributed by atoms with E-state index in [1.165, 1.54) is 12.3 Å². The number of nitrogens with one attached hydrogen (secondary N) is 2. The van der Waals surface area contributed by atoms with Gasteiger partial charge in [-0.2, -0.15) is 0 Å². The molecule has 0 aromatic carbocycles. The summed E-state index contributed by atoms with van der Waals surface area (Å²) < 4.78 is 26.3. The van der Waals surface area contributed by atoms with Gasteiger partial charge in [0.2, 0.25) is 5.56 Å². The molecule has 0 aliphatic heterocycles. The van der Waals surface area contributed by atoms with Crippen LogP contribution in [0.2, 0.25) is 0 Å². The second kappa shape index (κ2) is 4.61. The Balaban J connectivity index is 2.33. The minimum atomic E-state index is -3.71. The molecule has 2 heterocycles. The average Bonchev–Trinajstić information content (AvgIpc) is 2.29. The topological polar surface area (TPSA) is 91.9 Å². The lowest BCUT2D eigenvalue weighted by Crippen LogP contribution is -2.15. The average molecular weight is 265 g/mol. The summed E-state index contributed by atoms with van der Waals surface area (Å²) in [7, 11) is -3.71. The molecule has 0 amide bonds. The number of aromatic amines is 1. The molecule has 2 aromatic heterocycles. The minimum Gasteiger partial charge on any atom is -0.328 e. The van der Waals surface area contributed by atoms with E-state index in [1.807, 2.05) is 6.92 Å². The van der Waals surface area contributed by atoms with Crippen molar-refractivity contribution in [1.29, 1.82) is 0 Å². The molecule has 6 nitrogen and oxygen atoms in total. The molecule has 0 saturated carbocycles. The van der Waals surface area contributed by atoms with Gasteiger partial charge in [-0.3, -0.25) is 14.5 Å². The smallest absolute Gasteiger partial charge is 0.263 e. The first kappa shape index (κ1) is 12.3. The Morgan fingerprint density at radius 2 is 2.06 bits per heavy atom. The van der Waals surface area contributed by atoms with E-state index < -0.39 is 10.0 Å². The van der Waals surface area contributed by atoms with Crippen LogP contribution in [0.1, 0.15) is 5.56 Å². The predicted molar refractivity (Wildman–Crippen MR) is 66.8 cm³/mol. The molecule has 0 spiro atoms. The van der Waals surface area contributed by atoms with Crippen LogP contribution in [0.15, 0.2) is 46.5 Å². The Morgan fingerprint density at radius 3 is 2.67 bits per heavy atom. The predicted octanol–water partition coefficient (Wildman–Crippen LogP) is 0.879. The van der Waals surface area contributed by atoms with Crippen LogP contribution in [0.5, 0.6) is 0 Å². The Bertz CT molecular complexity index is 702. The number of hydrogen-bond donors (Lipinski definition) is 2. The van der Waals surface area contributed by atoms with Crippen molar-refractivity contribution in [3.8, 4) is 0 Å². The summed E-state index contributed by atoms with van der Waals surface area (Å²) >= 11 is 0. The molecule has 0 saturated heterocycles. The van der Waals surface area contributed by atoms with Crippen LogP contribution >= 0.6 is 0 Å². The van der Waals surface area contributed by atoms with E-state index in [1.54, 1.807) is 12.3 Å². The molecule has 0 atom stereocenters. The maximum Gasteiger partial charge on any atom is 0.263 e. The molecular formula is C11H11N3O3S. The highest BCUT2D eigenvalue weighted by molar-refractivity contribution is 7.92. The van der Waals surface area contributed by atoms with Gasteiger partial charge in [-0.25, -0.2) is 8.42 Å². The number of hydrogen-bond acceptors (Lipinski definition) is 4. The molecule has 94 valence electrons. The summed E-state index contributed by atoms with van der Waals surface area (Å²) in [6.07, 6.45) is 4.18. The summed E-state index contributed by atoms with van der Waals surface area (Å²) in [6, 6.07) is 4.06. The highest BCUT2D eigenvalue weighted by Crippen LogP contribution is 2.14. The molecule has 2 aromatic rings. The summed E-state index contributed by atoms with van der Waals surface area (Å²) in [5.74, 6) is 0. The molecule has 0 fully saturated rings. The summed E-state index contributed by atoms with van der Waals surface area (Å²) in [5.41, 5.74) is 0.865. The van der Waals surface area contributed by atoms with Crippen LogP contribution in [-0.2, 0) is 10.0 Å². The summed E-state index contributed by atoms with van der Waals surface area (Å²) in [4.78, 5) is 17.1. The first-order valence-electron chi connectivity index (χ1n) is 5.10. The van der Waals surface area contributed by atoms with E-state index in [0.29, 0.717) is 5.69 Å². The van der Waals surface area contributed by atoms with E-state index in [2.05, 4.69) is 14.7 Å². The van der Waals surface area contributed by atoms with E-state index in [9.17, 15) is 13.2 Å². The van der Waals surface area contributed by atoms with Gasteiger partial charge >= 0.3 is 0 Å². The Hall–Kier alpha value is -2.15. The van der Waals surface area contributed by atoms with Crippen molar-refractivity contribution in [3.05, 3.63) is 52.7 Å². The number of aromatic nitrogens is 2. The van der Waals surface area contributed by atoms with Gasteiger partial charge in [0.05, 0.1) is 11.9 Å². The number of pyridine rings is 2. The van der Waals surface area contributed by atoms with E-state index >= 15 is 0 Å². The Morgan fingerprint density at radius 1 is 1.28 bits per heavy atom. The van der Waals surface area contributed by atoms with Crippen molar-refractivity contribution in [2.24, 2.45) is 0 Å². The molecule has 7 heteroatoms. The molecule has 2 rings (SSSR count). The van der Waals surface area contributed by atoms with Gasteiger partial charge in [0.25, 0.3) is 10.0 Å². The SMILES string of the molecule is Cc1cncc(NS(=O)(=O)c2ccc(=O)[nH]c2)c1. The summed E-state index contributed by atoms with van der Waals surface area (Å²) in [5, 5.41) is 0. The van der Waals surface area contributed by atoms with E-state index in [4.69, 9.17) is 0 Å². The third-order valence-electron chi connectivity index (χ3n) is 2.19. The molecule has 0 bridgehead atoms. The number of sulfonamides is 1. The zero-order chi connectivity index (χ0) is 13.2. The van der Waals surface area contributed by atoms with Crippen molar-refractivity contribution in [3.63, 3.8) is 0 Å². The highest BCUT2D eigenvalue weighted by atomic mass is 32.2.